The molecule has 1 unspecified atom stereocenters. The Hall–Kier alpha value is -2.91. The van der Waals surface area contributed by atoms with E-state index in [4.69, 9.17) is 14.3 Å². The molecule has 0 aliphatic carbocycles. The number of nitrogens with one attached hydrogen (secondary N) is 1. The molecule has 9 heteroatoms. The molecule has 0 saturated heterocycles. The van der Waals surface area contributed by atoms with Crippen LogP contribution < -0.4 is 9.96 Å². The highest BCUT2D eigenvalue weighted by atomic mass is 32.2. The van der Waals surface area contributed by atoms with Gasteiger partial charge < -0.3 is 9.88 Å². The summed E-state index contributed by atoms with van der Waals surface area (Å²) in [6.45, 7) is 15.4. The summed E-state index contributed by atoms with van der Waals surface area (Å²) in [6.07, 6.45) is 0.709. The fraction of sp³-hybridized carbons (Fsp3) is 0.462. The van der Waals surface area contributed by atoms with E-state index in [0.29, 0.717) is 18.1 Å². The summed E-state index contributed by atoms with van der Waals surface area (Å²) in [5.74, 6) is 1.55. The largest absolute Gasteiger partial charge is 0.340 e. The standard InChI is InChI=1S/C26H35N5O3S/c1-17-30(16-25(2,3)4)23-20(31(17)34-35(8,32)33)15-14-19(27-23)22-21(18-12-10-9-11-13-18)28-24(29-22)26(5,6)7/h9-15,17H,16H2,1-8H3,(H,28,29). The van der Waals surface area contributed by atoms with E-state index >= 15 is 0 Å². The van der Waals surface area contributed by atoms with Gasteiger partial charge in [-0.25, -0.2) is 15.0 Å². The molecular formula is C26H35N5O3S. The number of hydrogen-bond acceptors (Lipinski definition) is 7. The van der Waals surface area contributed by atoms with Gasteiger partial charge in [-0.3, -0.25) is 0 Å². The molecule has 1 aromatic carbocycles. The fourth-order valence-corrected chi connectivity index (χ4v) is 4.65. The van der Waals surface area contributed by atoms with Crippen LogP contribution in [0.3, 0.4) is 0 Å². The molecule has 2 aromatic heterocycles. The van der Waals surface area contributed by atoms with E-state index in [0.717, 1.165) is 34.7 Å². The normalized spacial score (nSPS) is 16.6. The minimum atomic E-state index is -3.71. The molecule has 0 bridgehead atoms. The van der Waals surface area contributed by atoms with Gasteiger partial charge in [0.1, 0.15) is 17.7 Å². The average molecular weight is 498 g/mol. The van der Waals surface area contributed by atoms with E-state index < -0.39 is 10.1 Å². The van der Waals surface area contributed by atoms with Crippen molar-refractivity contribution in [2.24, 2.45) is 5.41 Å². The highest BCUT2D eigenvalue weighted by Crippen LogP contribution is 2.42. The molecule has 35 heavy (non-hydrogen) atoms. The Kier molecular flexibility index (Phi) is 6.22. The van der Waals surface area contributed by atoms with Crippen molar-refractivity contribution in [3.8, 4) is 22.6 Å². The number of hydroxylamine groups is 1. The molecule has 3 aromatic rings. The van der Waals surface area contributed by atoms with Crippen LogP contribution in [-0.2, 0) is 19.8 Å². The van der Waals surface area contributed by atoms with Crippen molar-refractivity contribution in [2.75, 3.05) is 22.8 Å². The van der Waals surface area contributed by atoms with Gasteiger partial charge in [-0.15, -0.1) is 4.28 Å². The second kappa shape index (κ2) is 8.64. The molecule has 1 atom stereocenters. The number of rotatable bonds is 5. The third-order valence-electron chi connectivity index (χ3n) is 5.73. The number of imidazole rings is 1. The number of fused-ring (bicyclic) bond motifs is 1. The Bertz CT molecular complexity index is 1320. The summed E-state index contributed by atoms with van der Waals surface area (Å²) >= 11 is 0. The summed E-state index contributed by atoms with van der Waals surface area (Å²) in [5.41, 5.74) is 3.79. The predicted molar refractivity (Wildman–Crippen MR) is 141 cm³/mol. The van der Waals surface area contributed by atoms with Gasteiger partial charge in [-0.2, -0.15) is 8.42 Å². The van der Waals surface area contributed by atoms with Crippen molar-refractivity contribution < 1.29 is 12.7 Å². The van der Waals surface area contributed by atoms with Crippen molar-refractivity contribution in [1.29, 1.82) is 0 Å². The lowest BCUT2D eigenvalue weighted by Gasteiger charge is -2.32. The van der Waals surface area contributed by atoms with Crippen molar-refractivity contribution in [3.63, 3.8) is 0 Å². The Morgan fingerprint density at radius 2 is 1.66 bits per heavy atom. The van der Waals surface area contributed by atoms with Gasteiger partial charge in [0, 0.05) is 17.5 Å². The average Bonchev–Trinajstić information content (AvgIpc) is 3.29. The van der Waals surface area contributed by atoms with Crippen molar-refractivity contribution in [2.45, 2.75) is 60.0 Å². The molecule has 3 heterocycles. The Morgan fingerprint density at radius 3 is 2.23 bits per heavy atom. The molecule has 1 aliphatic rings. The highest BCUT2D eigenvalue weighted by molar-refractivity contribution is 7.86. The van der Waals surface area contributed by atoms with E-state index in [1.807, 2.05) is 49.4 Å². The van der Waals surface area contributed by atoms with Crippen LogP contribution in [-0.4, -0.2) is 42.3 Å². The monoisotopic (exact) mass is 497 g/mol. The lowest BCUT2D eigenvalue weighted by molar-refractivity contribution is 0.254. The maximum atomic E-state index is 12.0. The van der Waals surface area contributed by atoms with Crippen molar-refractivity contribution in [3.05, 3.63) is 48.3 Å². The summed E-state index contributed by atoms with van der Waals surface area (Å²) in [7, 11) is -3.71. The predicted octanol–water partition coefficient (Wildman–Crippen LogP) is 5.35. The quantitative estimate of drug-likeness (QED) is 0.508. The van der Waals surface area contributed by atoms with E-state index in [2.05, 4.69) is 51.4 Å². The number of anilines is 2. The van der Waals surface area contributed by atoms with Crippen LogP contribution in [0, 0.1) is 5.41 Å². The molecule has 0 spiro atoms. The summed E-state index contributed by atoms with van der Waals surface area (Å²) in [4.78, 5) is 15.6. The molecule has 4 rings (SSSR count). The zero-order valence-electron chi connectivity index (χ0n) is 21.7. The van der Waals surface area contributed by atoms with Crippen LogP contribution in [0.25, 0.3) is 22.6 Å². The molecule has 188 valence electrons. The fourth-order valence-electron chi connectivity index (χ4n) is 4.15. The molecule has 0 amide bonds. The van der Waals surface area contributed by atoms with Crippen molar-refractivity contribution >= 4 is 21.6 Å². The number of aromatic nitrogens is 3. The number of pyridine rings is 1. The smallest absolute Gasteiger partial charge is 0.285 e. The SMILES string of the molecule is CC1N(CC(C)(C)C)c2nc(-c3[nH]c(C(C)(C)C)nc3-c3ccccc3)ccc2N1OS(C)(=O)=O. The number of H-pyrrole nitrogens is 1. The van der Waals surface area contributed by atoms with Crippen LogP contribution in [0.15, 0.2) is 42.5 Å². The first-order valence-corrected chi connectivity index (χ1v) is 13.6. The second-order valence-electron chi connectivity index (χ2n) is 11.4. The third kappa shape index (κ3) is 5.36. The van der Waals surface area contributed by atoms with Gasteiger partial charge >= 0.3 is 0 Å². The van der Waals surface area contributed by atoms with Gasteiger partial charge in [0.25, 0.3) is 10.1 Å². The van der Waals surface area contributed by atoms with Crippen LogP contribution >= 0.6 is 0 Å². The molecule has 1 N–H and O–H groups in total. The van der Waals surface area contributed by atoms with Crippen LogP contribution in [0.1, 0.15) is 54.3 Å². The number of nitrogens with zero attached hydrogens (tertiary/aromatic N) is 4. The molecular weight excluding hydrogens is 462 g/mol. The maximum absolute atomic E-state index is 12.0. The van der Waals surface area contributed by atoms with E-state index in [-0.39, 0.29) is 17.0 Å². The Balaban J connectivity index is 1.88. The van der Waals surface area contributed by atoms with E-state index in [1.54, 1.807) is 0 Å². The lowest BCUT2D eigenvalue weighted by Crippen LogP contribution is -2.45. The van der Waals surface area contributed by atoms with Crippen molar-refractivity contribution in [1.82, 2.24) is 15.0 Å². The molecule has 0 saturated carbocycles. The highest BCUT2D eigenvalue weighted by Gasteiger charge is 2.39. The van der Waals surface area contributed by atoms with Gasteiger partial charge in [0.2, 0.25) is 0 Å². The van der Waals surface area contributed by atoms with Crippen LogP contribution in [0.5, 0.6) is 0 Å². The molecule has 1 aliphatic heterocycles. The van der Waals surface area contributed by atoms with Gasteiger partial charge in [-0.1, -0.05) is 71.9 Å². The summed E-state index contributed by atoms with van der Waals surface area (Å²) in [6, 6.07) is 13.8. The molecule has 0 radical (unpaired) electrons. The Morgan fingerprint density at radius 1 is 1.00 bits per heavy atom. The summed E-state index contributed by atoms with van der Waals surface area (Å²) in [5, 5.41) is 1.43. The van der Waals surface area contributed by atoms with E-state index in [1.165, 1.54) is 5.06 Å². The minimum absolute atomic E-state index is 0.0487. The first-order chi connectivity index (χ1) is 16.1. The van der Waals surface area contributed by atoms with E-state index in [9.17, 15) is 8.42 Å². The second-order valence-corrected chi connectivity index (χ2v) is 12.9. The zero-order valence-corrected chi connectivity index (χ0v) is 22.6. The molecule has 0 fully saturated rings. The minimum Gasteiger partial charge on any atom is -0.340 e. The van der Waals surface area contributed by atoms with Gasteiger partial charge in [0.05, 0.1) is 23.3 Å². The number of aromatic amines is 1. The maximum Gasteiger partial charge on any atom is 0.285 e. The van der Waals surface area contributed by atoms with Crippen LogP contribution in [0.4, 0.5) is 11.5 Å². The summed E-state index contributed by atoms with van der Waals surface area (Å²) < 4.78 is 29.4. The third-order valence-corrected chi connectivity index (χ3v) is 6.16. The van der Waals surface area contributed by atoms with Crippen LogP contribution in [0.2, 0.25) is 0 Å². The number of benzene rings is 1. The zero-order chi connectivity index (χ0) is 25.8. The lowest BCUT2D eigenvalue weighted by atomic mass is 9.96. The first kappa shape index (κ1) is 25.2. The Labute approximate surface area is 208 Å². The van der Waals surface area contributed by atoms with Gasteiger partial charge in [0.15, 0.2) is 5.82 Å². The number of hydrogen-bond donors (Lipinski definition) is 1. The molecule has 8 nitrogen and oxygen atoms in total. The first-order valence-electron chi connectivity index (χ1n) is 11.8. The topological polar surface area (TPSA) is 91.4 Å². The van der Waals surface area contributed by atoms with Gasteiger partial charge in [-0.05, 0) is 24.5 Å².